The number of carbonyl (C=O) groups is 2. The molecule has 1 unspecified atom stereocenters. The van der Waals surface area contributed by atoms with Crippen molar-refractivity contribution in [2.45, 2.75) is 26.1 Å². The largest absolute Gasteiger partial charge is 0.487 e. The smallest absolute Gasteiger partial charge is 0.319 e. The average Bonchev–Trinajstić information content (AvgIpc) is 2.77. The van der Waals surface area contributed by atoms with Gasteiger partial charge in [0.2, 0.25) is 5.91 Å². The van der Waals surface area contributed by atoms with E-state index in [4.69, 9.17) is 4.74 Å². The van der Waals surface area contributed by atoms with Crippen molar-refractivity contribution in [1.82, 2.24) is 15.6 Å². The lowest BCUT2D eigenvalue weighted by molar-refractivity contribution is -0.122. The lowest BCUT2D eigenvalue weighted by atomic mass is 10.2. The van der Waals surface area contributed by atoms with Gasteiger partial charge in [-0.2, -0.15) is 0 Å². The number of nitrogens with one attached hydrogen (secondary N) is 3. The molecule has 0 spiro atoms. The van der Waals surface area contributed by atoms with Crippen LogP contribution in [0.3, 0.4) is 0 Å². The minimum Gasteiger partial charge on any atom is -0.487 e. The number of ether oxygens (including phenoxy) is 1. The third kappa shape index (κ3) is 6.63. The Morgan fingerprint density at radius 1 is 1.00 bits per heavy atom. The molecule has 0 saturated heterocycles. The maximum absolute atomic E-state index is 12.3. The van der Waals surface area contributed by atoms with E-state index in [0.717, 1.165) is 11.3 Å². The second-order valence-corrected chi connectivity index (χ2v) is 6.66. The first-order valence-electron chi connectivity index (χ1n) is 9.62. The minimum atomic E-state index is -0.683. The first-order chi connectivity index (χ1) is 14.6. The number of anilines is 1. The lowest BCUT2D eigenvalue weighted by Gasteiger charge is -2.15. The zero-order valence-corrected chi connectivity index (χ0v) is 16.7. The van der Waals surface area contributed by atoms with Crippen molar-refractivity contribution in [3.63, 3.8) is 0 Å². The topological polar surface area (TPSA) is 92.4 Å². The molecular weight excluding hydrogens is 380 g/mol. The first kappa shape index (κ1) is 20.9. The fraction of sp³-hybridized carbons (Fsp3) is 0.174. The van der Waals surface area contributed by atoms with Crippen molar-refractivity contribution in [3.05, 3.63) is 90.3 Å². The molecule has 0 aliphatic carbocycles. The van der Waals surface area contributed by atoms with Crippen molar-refractivity contribution < 1.29 is 14.3 Å². The van der Waals surface area contributed by atoms with E-state index in [1.54, 1.807) is 25.3 Å². The van der Waals surface area contributed by atoms with Crippen molar-refractivity contribution in [1.29, 1.82) is 0 Å². The molecule has 0 radical (unpaired) electrons. The van der Waals surface area contributed by atoms with Crippen molar-refractivity contribution in [2.75, 3.05) is 5.32 Å². The number of amides is 3. The van der Waals surface area contributed by atoms with Gasteiger partial charge in [-0.25, -0.2) is 4.79 Å². The highest BCUT2D eigenvalue weighted by Gasteiger charge is 2.15. The number of rotatable bonds is 8. The Kier molecular flexibility index (Phi) is 7.38. The molecule has 3 amide bonds. The van der Waals surface area contributed by atoms with Gasteiger partial charge < -0.3 is 20.7 Å². The molecule has 3 N–H and O–H groups in total. The van der Waals surface area contributed by atoms with E-state index in [2.05, 4.69) is 20.9 Å². The van der Waals surface area contributed by atoms with Crippen molar-refractivity contribution >= 4 is 17.6 Å². The van der Waals surface area contributed by atoms with Crippen LogP contribution in [0.1, 0.15) is 18.2 Å². The summed E-state index contributed by atoms with van der Waals surface area (Å²) in [6.07, 6.45) is 1.72. The highest BCUT2D eigenvalue weighted by atomic mass is 16.5. The summed E-state index contributed by atoms with van der Waals surface area (Å²) in [4.78, 5) is 28.5. The molecule has 0 saturated carbocycles. The molecule has 0 aliphatic heterocycles. The van der Waals surface area contributed by atoms with E-state index in [0.29, 0.717) is 24.6 Å². The second kappa shape index (κ2) is 10.6. The SMILES string of the molecule is CC(NC(=O)Nc1ccccc1)C(=O)NCc1cccc(OCc2ccccn2)c1. The molecule has 0 aliphatic rings. The van der Waals surface area contributed by atoms with Crippen LogP contribution in [0.5, 0.6) is 5.75 Å². The molecule has 30 heavy (non-hydrogen) atoms. The van der Waals surface area contributed by atoms with Gasteiger partial charge in [-0.1, -0.05) is 36.4 Å². The fourth-order valence-electron chi connectivity index (χ4n) is 2.68. The summed E-state index contributed by atoms with van der Waals surface area (Å²) in [5, 5.41) is 8.12. The summed E-state index contributed by atoms with van der Waals surface area (Å²) in [6, 6.07) is 21.1. The van der Waals surface area contributed by atoms with E-state index in [9.17, 15) is 9.59 Å². The molecule has 7 heteroatoms. The Labute approximate surface area is 175 Å². The fourth-order valence-corrected chi connectivity index (χ4v) is 2.68. The number of para-hydroxylation sites is 1. The zero-order valence-electron chi connectivity index (χ0n) is 16.7. The maximum atomic E-state index is 12.3. The van der Waals surface area contributed by atoms with Crippen molar-refractivity contribution in [2.24, 2.45) is 0 Å². The first-order valence-corrected chi connectivity index (χ1v) is 9.62. The summed E-state index contributed by atoms with van der Waals surface area (Å²) < 4.78 is 5.76. The van der Waals surface area contributed by atoms with Gasteiger partial charge in [-0.15, -0.1) is 0 Å². The summed E-state index contributed by atoms with van der Waals surface area (Å²) in [5.41, 5.74) is 2.39. The molecule has 154 valence electrons. The van der Waals surface area contributed by atoms with E-state index in [1.165, 1.54) is 0 Å². The Bertz CT molecular complexity index is 964. The number of pyridine rings is 1. The number of hydrogen-bond donors (Lipinski definition) is 3. The number of hydrogen-bond acceptors (Lipinski definition) is 4. The third-order valence-electron chi connectivity index (χ3n) is 4.25. The van der Waals surface area contributed by atoms with Crippen LogP contribution in [0.4, 0.5) is 10.5 Å². The predicted molar refractivity (Wildman–Crippen MR) is 115 cm³/mol. The van der Waals surface area contributed by atoms with E-state index in [1.807, 2.05) is 60.7 Å². The Balaban J connectivity index is 1.45. The van der Waals surface area contributed by atoms with Gasteiger partial charge in [0.15, 0.2) is 0 Å². The quantitative estimate of drug-likeness (QED) is 0.536. The third-order valence-corrected chi connectivity index (χ3v) is 4.25. The van der Waals surface area contributed by atoms with Crippen LogP contribution in [0.25, 0.3) is 0 Å². The van der Waals surface area contributed by atoms with Crippen LogP contribution in [0.2, 0.25) is 0 Å². The minimum absolute atomic E-state index is 0.280. The van der Waals surface area contributed by atoms with Crippen molar-refractivity contribution in [3.8, 4) is 5.75 Å². The predicted octanol–water partition coefficient (Wildman–Crippen LogP) is 3.49. The van der Waals surface area contributed by atoms with Crippen LogP contribution in [0, 0.1) is 0 Å². The van der Waals surface area contributed by atoms with Gasteiger partial charge >= 0.3 is 6.03 Å². The zero-order chi connectivity index (χ0) is 21.2. The average molecular weight is 404 g/mol. The maximum Gasteiger partial charge on any atom is 0.319 e. The molecule has 1 heterocycles. The van der Waals surface area contributed by atoms with Gasteiger partial charge in [0, 0.05) is 18.4 Å². The number of benzene rings is 2. The van der Waals surface area contributed by atoms with E-state index >= 15 is 0 Å². The van der Waals surface area contributed by atoms with Crippen LogP contribution in [0.15, 0.2) is 79.0 Å². The molecule has 2 aromatic carbocycles. The molecule has 0 bridgehead atoms. The van der Waals surface area contributed by atoms with Gasteiger partial charge in [-0.3, -0.25) is 9.78 Å². The number of aromatic nitrogens is 1. The lowest BCUT2D eigenvalue weighted by Crippen LogP contribution is -2.46. The molecule has 1 aromatic heterocycles. The standard InChI is InChI=1S/C23H24N4O3/c1-17(26-23(29)27-19-9-3-2-4-10-19)22(28)25-15-18-8-7-12-21(14-18)30-16-20-11-5-6-13-24-20/h2-14,17H,15-16H2,1H3,(H,25,28)(H2,26,27,29). The molecule has 0 fully saturated rings. The van der Waals surface area contributed by atoms with Gasteiger partial charge in [0.25, 0.3) is 0 Å². The number of urea groups is 1. The molecule has 3 aromatic rings. The van der Waals surface area contributed by atoms with Crippen LogP contribution in [-0.2, 0) is 17.9 Å². The normalized spacial score (nSPS) is 11.2. The summed E-state index contributed by atoms with van der Waals surface area (Å²) in [5.74, 6) is 0.416. The molecular formula is C23H24N4O3. The van der Waals surface area contributed by atoms with Crippen LogP contribution in [-0.4, -0.2) is 23.0 Å². The highest BCUT2D eigenvalue weighted by molar-refractivity contribution is 5.93. The molecule has 7 nitrogen and oxygen atoms in total. The van der Waals surface area contributed by atoms with Gasteiger partial charge in [0.05, 0.1) is 5.69 Å². The number of nitrogens with zero attached hydrogens (tertiary/aromatic N) is 1. The monoisotopic (exact) mass is 404 g/mol. The van der Waals surface area contributed by atoms with E-state index in [-0.39, 0.29) is 5.91 Å². The highest BCUT2D eigenvalue weighted by Crippen LogP contribution is 2.14. The summed E-state index contributed by atoms with van der Waals surface area (Å²) in [6.45, 7) is 2.33. The number of carbonyl (C=O) groups excluding carboxylic acids is 2. The summed E-state index contributed by atoms with van der Waals surface area (Å²) >= 11 is 0. The summed E-state index contributed by atoms with van der Waals surface area (Å²) in [7, 11) is 0. The Hall–Kier alpha value is -3.87. The van der Waals surface area contributed by atoms with Crippen LogP contribution < -0.4 is 20.7 Å². The molecule has 1 atom stereocenters. The van der Waals surface area contributed by atoms with Gasteiger partial charge in [0.1, 0.15) is 18.4 Å². The van der Waals surface area contributed by atoms with E-state index < -0.39 is 12.1 Å². The van der Waals surface area contributed by atoms with Crippen LogP contribution >= 0.6 is 0 Å². The second-order valence-electron chi connectivity index (χ2n) is 6.66. The Morgan fingerprint density at radius 3 is 2.57 bits per heavy atom. The Morgan fingerprint density at radius 2 is 1.80 bits per heavy atom. The molecule has 3 rings (SSSR count). The van der Waals surface area contributed by atoms with Gasteiger partial charge in [-0.05, 0) is 48.9 Å².